The minimum Gasteiger partial charge on any atom is -0.380 e. The molecule has 0 aromatic heterocycles. The average molecular weight is 365 g/mol. The molecule has 0 heterocycles. The summed E-state index contributed by atoms with van der Waals surface area (Å²) in [4.78, 5) is 4.08. The lowest BCUT2D eigenvalue weighted by atomic mass is 10.1. The van der Waals surface area contributed by atoms with E-state index in [0.717, 1.165) is 17.7 Å². The van der Waals surface area contributed by atoms with E-state index in [2.05, 4.69) is 15.6 Å². The van der Waals surface area contributed by atoms with Crippen LogP contribution in [0.5, 0.6) is 0 Å². The van der Waals surface area contributed by atoms with Crippen molar-refractivity contribution in [3.63, 3.8) is 0 Å². The predicted octanol–water partition coefficient (Wildman–Crippen LogP) is 3.16. The first-order valence-electron chi connectivity index (χ1n) is 8.18. The molecule has 2 aromatic rings. The summed E-state index contributed by atoms with van der Waals surface area (Å²) in [6.07, 6.45) is 0.318. The SMILES string of the molecule is CN=C(NCCc1cc(F)ccc1F)NCc1ccc(F)c(COC)c1. The van der Waals surface area contributed by atoms with Gasteiger partial charge in [-0.25, -0.2) is 13.2 Å². The molecule has 0 amide bonds. The van der Waals surface area contributed by atoms with Gasteiger partial charge in [0.15, 0.2) is 5.96 Å². The van der Waals surface area contributed by atoms with Crippen LogP contribution < -0.4 is 10.6 Å². The van der Waals surface area contributed by atoms with Gasteiger partial charge in [-0.3, -0.25) is 4.99 Å². The van der Waals surface area contributed by atoms with Gasteiger partial charge in [0, 0.05) is 32.8 Å². The van der Waals surface area contributed by atoms with Crippen LogP contribution in [-0.4, -0.2) is 26.7 Å². The highest BCUT2D eigenvalue weighted by Gasteiger charge is 2.06. The number of hydrogen-bond acceptors (Lipinski definition) is 2. The standard InChI is InChI=1S/C19H22F3N3O/c1-23-19(24-8-7-14-10-16(20)4-6-17(14)21)25-11-13-3-5-18(22)15(9-13)12-26-2/h3-6,9-10H,7-8,11-12H2,1-2H3,(H2,23,24,25). The maximum absolute atomic E-state index is 13.6. The summed E-state index contributed by atoms with van der Waals surface area (Å²) in [6, 6.07) is 8.19. The van der Waals surface area contributed by atoms with Crippen molar-refractivity contribution >= 4 is 5.96 Å². The number of ether oxygens (including phenoxy) is 1. The van der Waals surface area contributed by atoms with Gasteiger partial charge in [0.2, 0.25) is 0 Å². The van der Waals surface area contributed by atoms with Crippen molar-refractivity contribution in [3.05, 3.63) is 70.5 Å². The van der Waals surface area contributed by atoms with Crippen LogP contribution in [0.3, 0.4) is 0 Å². The number of aliphatic imine (C=N–C) groups is 1. The summed E-state index contributed by atoms with van der Waals surface area (Å²) in [5.41, 5.74) is 1.66. The first-order chi connectivity index (χ1) is 12.5. The second kappa shape index (κ2) is 9.82. The van der Waals surface area contributed by atoms with Gasteiger partial charge < -0.3 is 15.4 Å². The highest BCUT2D eigenvalue weighted by atomic mass is 19.1. The van der Waals surface area contributed by atoms with E-state index in [1.54, 1.807) is 19.2 Å². The average Bonchev–Trinajstić information content (AvgIpc) is 2.63. The van der Waals surface area contributed by atoms with Crippen LogP contribution in [0.4, 0.5) is 13.2 Å². The molecule has 26 heavy (non-hydrogen) atoms. The number of nitrogens with zero attached hydrogens (tertiary/aromatic N) is 1. The van der Waals surface area contributed by atoms with E-state index in [0.29, 0.717) is 36.6 Å². The van der Waals surface area contributed by atoms with Gasteiger partial charge in [0.1, 0.15) is 17.5 Å². The minimum atomic E-state index is -0.466. The lowest BCUT2D eigenvalue weighted by Crippen LogP contribution is -2.38. The molecular formula is C19H22F3N3O. The quantitative estimate of drug-likeness (QED) is 0.585. The molecule has 0 spiro atoms. The van der Waals surface area contributed by atoms with E-state index in [4.69, 9.17) is 4.74 Å². The molecule has 0 atom stereocenters. The highest BCUT2D eigenvalue weighted by Crippen LogP contribution is 2.12. The summed E-state index contributed by atoms with van der Waals surface area (Å²) >= 11 is 0. The molecule has 2 rings (SSSR count). The molecule has 0 aliphatic rings. The van der Waals surface area contributed by atoms with Crippen molar-refractivity contribution in [3.8, 4) is 0 Å². The van der Waals surface area contributed by atoms with Crippen molar-refractivity contribution in [1.29, 1.82) is 0 Å². The van der Waals surface area contributed by atoms with Crippen molar-refractivity contribution in [2.24, 2.45) is 4.99 Å². The molecule has 4 nitrogen and oxygen atoms in total. The Hall–Kier alpha value is -2.54. The zero-order chi connectivity index (χ0) is 18.9. The molecule has 7 heteroatoms. The van der Waals surface area contributed by atoms with E-state index < -0.39 is 11.6 Å². The smallest absolute Gasteiger partial charge is 0.191 e. The maximum atomic E-state index is 13.6. The molecule has 2 aromatic carbocycles. The van der Waals surface area contributed by atoms with Crippen molar-refractivity contribution in [2.75, 3.05) is 20.7 Å². The van der Waals surface area contributed by atoms with Gasteiger partial charge >= 0.3 is 0 Å². The molecule has 0 saturated heterocycles. The van der Waals surface area contributed by atoms with E-state index in [9.17, 15) is 13.2 Å². The molecule has 0 aliphatic heterocycles. The van der Waals surface area contributed by atoms with Gasteiger partial charge in [0.25, 0.3) is 0 Å². The molecule has 0 unspecified atom stereocenters. The Labute approximate surface area is 151 Å². The second-order valence-electron chi connectivity index (χ2n) is 5.70. The number of hydrogen-bond donors (Lipinski definition) is 2. The Bertz CT molecular complexity index is 766. The van der Waals surface area contributed by atoms with Crippen LogP contribution in [0, 0.1) is 17.5 Å². The molecular weight excluding hydrogens is 343 g/mol. The maximum Gasteiger partial charge on any atom is 0.191 e. The zero-order valence-electron chi connectivity index (χ0n) is 14.8. The lowest BCUT2D eigenvalue weighted by Gasteiger charge is -2.13. The first kappa shape index (κ1) is 19.8. The van der Waals surface area contributed by atoms with E-state index >= 15 is 0 Å². The molecule has 140 valence electrons. The summed E-state index contributed by atoms with van der Waals surface area (Å²) in [5, 5.41) is 6.13. The van der Waals surface area contributed by atoms with Crippen LogP contribution in [0.2, 0.25) is 0 Å². The topological polar surface area (TPSA) is 45.7 Å². The van der Waals surface area contributed by atoms with Gasteiger partial charge in [-0.15, -0.1) is 0 Å². The Morgan fingerprint density at radius 1 is 1.00 bits per heavy atom. The lowest BCUT2D eigenvalue weighted by molar-refractivity contribution is 0.181. The van der Waals surface area contributed by atoms with Crippen molar-refractivity contribution in [1.82, 2.24) is 10.6 Å². The second-order valence-corrected chi connectivity index (χ2v) is 5.70. The normalized spacial score (nSPS) is 11.5. The summed E-state index contributed by atoms with van der Waals surface area (Å²) in [6.45, 7) is 1.02. The number of methoxy groups -OCH3 is 1. The third-order valence-electron chi connectivity index (χ3n) is 3.79. The van der Waals surface area contributed by atoms with Crippen LogP contribution in [0.15, 0.2) is 41.4 Å². The van der Waals surface area contributed by atoms with Crippen LogP contribution in [0.1, 0.15) is 16.7 Å². The van der Waals surface area contributed by atoms with Gasteiger partial charge in [0.05, 0.1) is 6.61 Å². The van der Waals surface area contributed by atoms with E-state index in [-0.39, 0.29) is 12.4 Å². The van der Waals surface area contributed by atoms with Crippen molar-refractivity contribution in [2.45, 2.75) is 19.6 Å². The van der Waals surface area contributed by atoms with Crippen LogP contribution >= 0.6 is 0 Å². The first-order valence-corrected chi connectivity index (χ1v) is 8.18. The third-order valence-corrected chi connectivity index (χ3v) is 3.79. The Morgan fingerprint density at radius 2 is 1.73 bits per heavy atom. The number of nitrogens with one attached hydrogen (secondary N) is 2. The Kier molecular flexibility index (Phi) is 7.47. The fourth-order valence-electron chi connectivity index (χ4n) is 2.46. The fourth-order valence-corrected chi connectivity index (χ4v) is 2.46. The number of benzene rings is 2. The molecule has 0 radical (unpaired) electrons. The molecule has 0 bridgehead atoms. The predicted molar refractivity (Wildman–Crippen MR) is 95.4 cm³/mol. The largest absolute Gasteiger partial charge is 0.380 e. The summed E-state index contributed by atoms with van der Waals surface area (Å²) in [5.74, 6) is -0.699. The van der Waals surface area contributed by atoms with Crippen LogP contribution in [-0.2, 0) is 24.3 Å². The Morgan fingerprint density at radius 3 is 2.46 bits per heavy atom. The number of guanidine groups is 1. The Balaban J connectivity index is 1.86. The third kappa shape index (κ3) is 5.77. The monoisotopic (exact) mass is 365 g/mol. The fraction of sp³-hybridized carbons (Fsp3) is 0.316. The minimum absolute atomic E-state index is 0.200. The molecule has 0 saturated carbocycles. The van der Waals surface area contributed by atoms with Gasteiger partial charge in [-0.05, 0) is 47.9 Å². The molecule has 0 aliphatic carbocycles. The van der Waals surface area contributed by atoms with Gasteiger partial charge in [-0.1, -0.05) is 6.07 Å². The number of halogens is 3. The zero-order valence-corrected chi connectivity index (χ0v) is 14.8. The van der Waals surface area contributed by atoms with Gasteiger partial charge in [-0.2, -0.15) is 0 Å². The summed E-state index contributed by atoms with van der Waals surface area (Å²) in [7, 11) is 3.12. The molecule has 0 fully saturated rings. The van der Waals surface area contributed by atoms with E-state index in [1.807, 2.05) is 0 Å². The highest BCUT2D eigenvalue weighted by molar-refractivity contribution is 5.79. The van der Waals surface area contributed by atoms with Crippen LogP contribution in [0.25, 0.3) is 0 Å². The van der Waals surface area contributed by atoms with E-state index in [1.165, 1.54) is 19.2 Å². The number of rotatable bonds is 7. The molecule has 2 N–H and O–H groups in total. The van der Waals surface area contributed by atoms with Crippen molar-refractivity contribution < 1.29 is 17.9 Å². The summed E-state index contributed by atoms with van der Waals surface area (Å²) < 4.78 is 45.3.